The summed E-state index contributed by atoms with van der Waals surface area (Å²) in [5.41, 5.74) is 7.10. The minimum atomic E-state index is -0.632. The highest BCUT2D eigenvalue weighted by molar-refractivity contribution is 7.99. The van der Waals surface area contributed by atoms with E-state index in [9.17, 15) is 4.79 Å². The van der Waals surface area contributed by atoms with Crippen molar-refractivity contribution in [1.29, 1.82) is 0 Å². The molecule has 0 heterocycles. The molecule has 0 aliphatic heterocycles. The number of nitrogens with two attached hydrogens (primary N) is 1. The number of thioether (sulfide) groups is 1. The topological polar surface area (TPSA) is 85.6 Å². The number of nitrogen functional groups attached to an aromatic ring is 1. The molecule has 0 fully saturated rings. The Morgan fingerprint density at radius 1 is 1.45 bits per heavy atom. The van der Waals surface area contributed by atoms with Gasteiger partial charge in [0.2, 0.25) is 0 Å². The first-order valence-corrected chi connectivity index (χ1v) is 7.13. The van der Waals surface area contributed by atoms with Gasteiger partial charge in [0.25, 0.3) is 0 Å². The molecule has 6 nitrogen and oxygen atoms in total. The normalized spacial score (nSPS) is 9.90. The first kappa shape index (κ1) is 16.5. The Hall–Kier alpha value is -1.51. The molecular weight excluding hydrogens is 298 g/mol. The van der Waals surface area contributed by atoms with Gasteiger partial charge in [-0.15, -0.1) is 11.8 Å². The summed E-state index contributed by atoms with van der Waals surface area (Å²) >= 11 is 6.60. The maximum absolute atomic E-state index is 11.0. The second kappa shape index (κ2) is 8.62. The number of amides is 1. The maximum atomic E-state index is 11.0. The van der Waals surface area contributed by atoms with Crippen LogP contribution in [0.4, 0.5) is 16.2 Å². The molecule has 0 aromatic heterocycles. The Labute approximate surface area is 127 Å². The fraction of sp³-hybridized carbons (Fsp3) is 0.333. The number of nitrogens with one attached hydrogen (secondary N) is 2. The van der Waals surface area contributed by atoms with E-state index in [0.717, 1.165) is 10.6 Å². The van der Waals surface area contributed by atoms with Crippen molar-refractivity contribution in [3.63, 3.8) is 0 Å². The van der Waals surface area contributed by atoms with Crippen LogP contribution in [0.5, 0.6) is 0 Å². The van der Waals surface area contributed by atoms with E-state index >= 15 is 0 Å². The molecular formula is C12H17N3O3S2. The van der Waals surface area contributed by atoms with Crippen LogP contribution in [0.3, 0.4) is 0 Å². The summed E-state index contributed by atoms with van der Waals surface area (Å²) in [7, 11) is 2.93. The molecule has 8 heteroatoms. The smallest absolute Gasteiger partial charge is 0.413 e. The van der Waals surface area contributed by atoms with Crippen LogP contribution in [0.25, 0.3) is 0 Å². The van der Waals surface area contributed by atoms with Crippen molar-refractivity contribution in [2.24, 2.45) is 0 Å². The molecule has 20 heavy (non-hydrogen) atoms. The largest absolute Gasteiger partial charge is 0.453 e. The van der Waals surface area contributed by atoms with Crippen LogP contribution in [0.15, 0.2) is 23.1 Å². The molecule has 110 valence electrons. The zero-order valence-corrected chi connectivity index (χ0v) is 12.9. The molecule has 0 spiro atoms. The maximum Gasteiger partial charge on any atom is 0.413 e. The SMILES string of the molecule is COCCSc1ccc(NC(=S)NC(=O)OC)c(N)c1. The summed E-state index contributed by atoms with van der Waals surface area (Å²) in [6.07, 6.45) is -0.632. The third-order valence-corrected chi connectivity index (χ3v) is 3.39. The van der Waals surface area contributed by atoms with Crippen LogP contribution in [0, 0.1) is 0 Å². The van der Waals surface area contributed by atoms with E-state index in [4.69, 9.17) is 22.7 Å². The zero-order valence-electron chi connectivity index (χ0n) is 11.3. The van der Waals surface area contributed by atoms with Gasteiger partial charge >= 0.3 is 6.09 Å². The van der Waals surface area contributed by atoms with Crippen molar-refractivity contribution in [1.82, 2.24) is 5.32 Å². The molecule has 0 saturated heterocycles. The number of methoxy groups -OCH3 is 2. The van der Waals surface area contributed by atoms with Gasteiger partial charge in [0, 0.05) is 17.8 Å². The highest BCUT2D eigenvalue weighted by Gasteiger charge is 2.06. The third-order valence-electron chi connectivity index (χ3n) is 2.23. The highest BCUT2D eigenvalue weighted by atomic mass is 32.2. The van der Waals surface area contributed by atoms with E-state index in [1.807, 2.05) is 12.1 Å². The van der Waals surface area contributed by atoms with E-state index in [0.29, 0.717) is 18.0 Å². The average molecular weight is 315 g/mol. The fourth-order valence-corrected chi connectivity index (χ4v) is 2.34. The van der Waals surface area contributed by atoms with Crippen molar-refractivity contribution < 1.29 is 14.3 Å². The van der Waals surface area contributed by atoms with Crippen molar-refractivity contribution >= 4 is 46.6 Å². The van der Waals surface area contributed by atoms with E-state index in [1.165, 1.54) is 7.11 Å². The molecule has 0 aliphatic carbocycles. The highest BCUT2D eigenvalue weighted by Crippen LogP contribution is 2.26. The number of hydrogen-bond donors (Lipinski definition) is 3. The number of rotatable bonds is 5. The number of thiocarbonyl (C=S) groups is 1. The van der Waals surface area contributed by atoms with E-state index < -0.39 is 6.09 Å². The van der Waals surface area contributed by atoms with Crippen LogP contribution in [0.1, 0.15) is 0 Å². The van der Waals surface area contributed by atoms with Crippen LogP contribution in [-0.4, -0.2) is 37.8 Å². The van der Waals surface area contributed by atoms with Gasteiger partial charge in [-0.3, -0.25) is 5.32 Å². The number of alkyl carbamates (subject to hydrolysis) is 1. The molecule has 1 aromatic carbocycles. The lowest BCUT2D eigenvalue weighted by Gasteiger charge is -2.12. The number of carbonyl (C=O) groups is 1. The lowest BCUT2D eigenvalue weighted by molar-refractivity contribution is 0.177. The number of anilines is 2. The van der Waals surface area contributed by atoms with E-state index in [-0.39, 0.29) is 5.11 Å². The first-order valence-electron chi connectivity index (χ1n) is 5.74. The summed E-state index contributed by atoms with van der Waals surface area (Å²) < 4.78 is 9.42. The second-order valence-electron chi connectivity index (χ2n) is 3.66. The molecule has 1 aromatic rings. The molecule has 0 saturated carbocycles. The van der Waals surface area contributed by atoms with Crippen molar-refractivity contribution in [3.8, 4) is 0 Å². The summed E-state index contributed by atoms with van der Waals surface area (Å²) in [6.45, 7) is 0.678. The molecule has 0 radical (unpaired) electrons. The molecule has 1 amide bonds. The van der Waals surface area contributed by atoms with E-state index in [1.54, 1.807) is 24.9 Å². The van der Waals surface area contributed by atoms with Crippen molar-refractivity contribution in [3.05, 3.63) is 18.2 Å². The van der Waals surface area contributed by atoms with Gasteiger partial charge in [0.1, 0.15) is 0 Å². The minimum Gasteiger partial charge on any atom is -0.453 e. The Balaban J connectivity index is 2.59. The standard InChI is InChI=1S/C12H17N3O3S2/c1-17-5-6-20-8-3-4-10(9(13)7-8)14-11(19)15-12(16)18-2/h3-4,7H,5-6,13H2,1-2H3,(H2,14,15,16,19). The molecule has 0 aliphatic rings. The van der Waals surface area contributed by atoms with Gasteiger partial charge in [0.15, 0.2) is 5.11 Å². The quantitative estimate of drug-likeness (QED) is 0.332. The van der Waals surface area contributed by atoms with Crippen LogP contribution in [0.2, 0.25) is 0 Å². The second-order valence-corrected chi connectivity index (χ2v) is 5.24. The van der Waals surface area contributed by atoms with Crippen LogP contribution in [-0.2, 0) is 9.47 Å². The van der Waals surface area contributed by atoms with Gasteiger partial charge in [-0.05, 0) is 30.4 Å². The van der Waals surface area contributed by atoms with E-state index in [2.05, 4.69) is 15.4 Å². The van der Waals surface area contributed by atoms with Gasteiger partial charge in [-0.1, -0.05) is 0 Å². The first-order chi connectivity index (χ1) is 9.56. The summed E-state index contributed by atoms with van der Waals surface area (Å²) in [4.78, 5) is 12.0. The van der Waals surface area contributed by atoms with Gasteiger partial charge < -0.3 is 20.5 Å². The van der Waals surface area contributed by atoms with Gasteiger partial charge in [-0.2, -0.15) is 0 Å². The van der Waals surface area contributed by atoms with Gasteiger partial charge in [0.05, 0.1) is 25.1 Å². The van der Waals surface area contributed by atoms with Crippen LogP contribution < -0.4 is 16.4 Å². The Kier molecular flexibility index (Phi) is 7.13. The lowest BCUT2D eigenvalue weighted by atomic mass is 10.3. The number of carbonyl (C=O) groups excluding carboxylic acids is 1. The number of hydrogen-bond acceptors (Lipinski definition) is 6. The summed E-state index contributed by atoms with van der Waals surface area (Å²) in [5.74, 6) is 0.852. The summed E-state index contributed by atoms with van der Waals surface area (Å²) in [5, 5.41) is 5.30. The molecule has 0 bridgehead atoms. The van der Waals surface area contributed by atoms with Crippen molar-refractivity contribution in [2.45, 2.75) is 4.90 Å². The van der Waals surface area contributed by atoms with Gasteiger partial charge in [-0.25, -0.2) is 4.79 Å². The zero-order chi connectivity index (χ0) is 15.0. The fourth-order valence-electron chi connectivity index (χ4n) is 1.28. The minimum absolute atomic E-state index is 0.128. The number of benzene rings is 1. The molecule has 1 rings (SSSR count). The Morgan fingerprint density at radius 2 is 2.20 bits per heavy atom. The van der Waals surface area contributed by atoms with Crippen molar-refractivity contribution in [2.75, 3.05) is 37.6 Å². The molecule has 0 unspecified atom stereocenters. The third kappa shape index (κ3) is 5.64. The summed E-state index contributed by atoms with van der Waals surface area (Å²) in [6, 6.07) is 5.55. The molecule has 4 N–H and O–H groups in total. The Bertz CT molecular complexity index is 483. The Morgan fingerprint density at radius 3 is 2.80 bits per heavy atom. The average Bonchev–Trinajstić information content (AvgIpc) is 2.42. The van der Waals surface area contributed by atoms with Crippen LogP contribution >= 0.6 is 24.0 Å². The molecule has 0 atom stereocenters. The number of ether oxygens (including phenoxy) is 2. The lowest BCUT2D eigenvalue weighted by Crippen LogP contribution is -2.34. The predicted molar refractivity (Wildman–Crippen MR) is 85.2 cm³/mol. The predicted octanol–water partition coefficient (Wildman–Crippen LogP) is 2.06. The monoisotopic (exact) mass is 315 g/mol.